The maximum atomic E-state index is 11.5. The topological polar surface area (TPSA) is 78.4 Å². The lowest BCUT2D eigenvalue weighted by Crippen LogP contribution is -2.53. The Hall–Kier alpha value is -1.26. The number of nitrogens with one attached hydrogen (secondary N) is 2. The first-order valence-electron chi connectivity index (χ1n) is 5.49. The van der Waals surface area contributed by atoms with E-state index in [-0.39, 0.29) is 11.5 Å². The molecular weight excluding hydrogens is 208 g/mol. The minimum atomic E-state index is -1.00. The Morgan fingerprint density at radius 1 is 1.31 bits per heavy atom. The molecule has 0 fully saturated rings. The van der Waals surface area contributed by atoms with Gasteiger partial charge in [-0.15, -0.1) is 0 Å². The van der Waals surface area contributed by atoms with Crippen molar-refractivity contribution in [2.24, 2.45) is 5.92 Å². The maximum Gasteiger partial charge on any atom is 0.326 e. The van der Waals surface area contributed by atoms with Crippen LogP contribution in [-0.2, 0) is 4.79 Å². The van der Waals surface area contributed by atoms with Gasteiger partial charge in [-0.2, -0.15) is 0 Å². The lowest BCUT2D eigenvalue weighted by atomic mass is 9.99. The molecule has 0 spiro atoms. The van der Waals surface area contributed by atoms with Crippen molar-refractivity contribution in [1.82, 2.24) is 10.6 Å². The summed E-state index contributed by atoms with van der Waals surface area (Å²) in [5.41, 5.74) is -0.372. The van der Waals surface area contributed by atoms with Crippen molar-refractivity contribution < 1.29 is 14.7 Å². The average molecular weight is 230 g/mol. The Labute approximate surface area is 96.6 Å². The summed E-state index contributed by atoms with van der Waals surface area (Å²) in [6.07, 6.45) is 0.701. The van der Waals surface area contributed by atoms with Crippen molar-refractivity contribution in [2.45, 2.75) is 52.6 Å². The zero-order valence-electron chi connectivity index (χ0n) is 10.6. The molecule has 2 atom stereocenters. The van der Waals surface area contributed by atoms with Gasteiger partial charge >= 0.3 is 12.0 Å². The first kappa shape index (κ1) is 14.7. The van der Waals surface area contributed by atoms with Crippen LogP contribution in [0, 0.1) is 5.92 Å². The number of carboxylic acid groups (broad SMARTS) is 1. The number of carbonyl (C=O) groups excluding carboxylic acids is 1. The molecule has 0 saturated heterocycles. The van der Waals surface area contributed by atoms with Crippen LogP contribution in [0.25, 0.3) is 0 Å². The molecule has 94 valence electrons. The van der Waals surface area contributed by atoms with Gasteiger partial charge in [-0.05, 0) is 26.7 Å². The van der Waals surface area contributed by atoms with E-state index in [4.69, 9.17) is 5.11 Å². The fraction of sp³-hybridized carbons (Fsp3) is 0.818. The number of urea groups is 1. The zero-order valence-corrected chi connectivity index (χ0v) is 10.6. The Morgan fingerprint density at radius 2 is 1.81 bits per heavy atom. The second-order valence-electron chi connectivity index (χ2n) is 5.05. The Bertz CT molecular complexity index is 258. The molecule has 16 heavy (non-hydrogen) atoms. The first-order chi connectivity index (χ1) is 7.17. The average Bonchev–Trinajstić information content (AvgIpc) is 2.09. The molecule has 5 heteroatoms. The van der Waals surface area contributed by atoms with E-state index in [1.807, 2.05) is 27.7 Å². The standard InChI is InChI=1S/C11H22N2O3/c1-6-7(2)8(9(14)15)12-10(16)13-11(3,4)5/h7-8H,6H2,1-5H3,(H,14,15)(H2,12,13,16)/t7-,8-/m0/s1. The van der Waals surface area contributed by atoms with Crippen LogP contribution in [0.3, 0.4) is 0 Å². The van der Waals surface area contributed by atoms with Gasteiger partial charge in [0.15, 0.2) is 0 Å². The summed E-state index contributed by atoms with van der Waals surface area (Å²) < 4.78 is 0. The van der Waals surface area contributed by atoms with E-state index in [9.17, 15) is 9.59 Å². The highest BCUT2D eigenvalue weighted by Gasteiger charge is 2.26. The van der Waals surface area contributed by atoms with Gasteiger partial charge in [-0.25, -0.2) is 9.59 Å². The summed E-state index contributed by atoms with van der Waals surface area (Å²) in [5.74, 6) is -1.10. The van der Waals surface area contributed by atoms with Gasteiger partial charge in [0.25, 0.3) is 0 Å². The zero-order chi connectivity index (χ0) is 12.9. The summed E-state index contributed by atoms with van der Waals surface area (Å²) in [5, 5.41) is 14.1. The van der Waals surface area contributed by atoms with Gasteiger partial charge in [0.2, 0.25) is 0 Å². The first-order valence-corrected chi connectivity index (χ1v) is 5.49. The Kier molecular flexibility index (Phi) is 5.27. The highest BCUT2D eigenvalue weighted by atomic mass is 16.4. The van der Waals surface area contributed by atoms with Crippen LogP contribution in [0.5, 0.6) is 0 Å². The second kappa shape index (κ2) is 5.72. The van der Waals surface area contributed by atoms with Crippen LogP contribution >= 0.6 is 0 Å². The smallest absolute Gasteiger partial charge is 0.326 e. The van der Waals surface area contributed by atoms with Crippen LogP contribution in [0.4, 0.5) is 4.79 Å². The van der Waals surface area contributed by atoms with E-state index in [2.05, 4.69) is 10.6 Å². The molecule has 0 heterocycles. The van der Waals surface area contributed by atoms with Crippen LogP contribution < -0.4 is 10.6 Å². The van der Waals surface area contributed by atoms with Gasteiger partial charge in [-0.3, -0.25) is 0 Å². The summed E-state index contributed by atoms with van der Waals surface area (Å²) in [7, 11) is 0. The lowest BCUT2D eigenvalue weighted by molar-refractivity contribution is -0.140. The summed E-state index contributed by atoms with van der Waals surface area (Å²) >= 11 is 0. The molecule has 0 aliphatic heterocycles. The quantitative estimate of drug-likeness (QED) is 0.686. The van der Waals surface area contributed by atoms with Crippen molar-refractivity contribution in [3.8, 4) is 0 Å². The molecule has 5 nitrogen and oxygen atoms in total. The molecular formula is C11H22N2O3. The molecule has 0 aromatic carbocycles. The highest BCUT2D eigenvalue weighted by Crippen LogP contribution is 2.08. The van der Waals surface area contributed by atoms with Crippen molar-refractivity contribution in [3.63, 3.8) is 0 Å². The fourth-order valence-electron chi connectivity index (χ4n) is 1.20. The number of aliphatic carboxylic acids is 1. The largest absolute Gasteiger partial charge is 0.480 e. The molecule has 2 amide bonds. The van der Waals surface area contributed by atoms with Gasteiger partial charge < -0.3 is 15.7 Å². The van der Waals surface area contributed by atoms with Gasteiger partial charge in [0, 0.05) is 5.54 Å². The van der Waals surface area contributed by atoms with E-state index in [1.54, 1.807) is 6.92 Å². The number of amides is 2. The minimum Gasteiger partial charge on any atom is -0.480 e. The molecule has 0 aromatic rings. The van der Waals surface area contributed by atoms with Crippen LogP contribution in [-0.4, -0.2) is 28.7 Å². The summed E-state index contributed by atoms with van der Waals surface area (Å²) in [6.45, 7) is 9.21. The molecule has 3 N–H and O–H groups in total. The van der Waals surface area contributed by atoms with E-state index in [1.165, 1.54) is 0 Å². The highest BCUT2D eigenvalue weighted by molar-refractivity contribution is 5.83. The third kappa shape index (κ3) is 5.58. The number of hydrogen-bond acceptors (Lipinski definition) is 2. The monoisotopic (exact) mass is 230 g/mol. The Morgan fingerprint density at radius 3 is 2.12 bits per heavy atom. The van der Waals surface area contributed by atoms with E-state index < -0.39 is 18.0 Å². The van der Waals surface area contributed by atoms with Crippen LogP contribution in [0.2, 0.25) is 0 Å². The van der Waals surface area contributed by atoms with Crippen LogP contribution in [0.15, 0.2) is 0 Å². The van der Waals surface area contributed by atoms with Crippen molar-refractivity contribution >= 4 is 12.0 Å². The van der Waals surface area contributed by atoms with Gasteiger partial charge in [0.1, 0.15) is 6.04 Å². The summed E-state index contributed by atoms with van der Waals surface area (Å²) in [4.78, 5) is 22.5. The third-order valence-electron chi connectivity index (χ3n) is 2.25. The van der Waals surface area contributed by atoms with Crippen LogP contribution in [0.1, 0.15) is 41.0 Å². The predicted molar refractivity (Wildman–Crippen MR) is 62.3 cm³/mol. The molecule has 0 aliphatic rings. The van der Waals surface area contributed by atoms with Crippen molar-refractivity contribution in [2.75, 3.05) is 0 Å². The minimum absolute atomic E-state index is 0.0942. The SMILES string of the molecule is CC[C@H](C)[C@H](NC(=O)NC(C)(C)C)C(=O)O. The van der Waals surface area contributed by atoms with E-state index in [0.717, 1.165) is 0 Å². The molecule has 0 bridgehead atoms. The number of hydrogen-bond donors (Lipinski definition) is 3. The summed E-state index contributed by atoms with van der Waals surface area (Å²) in [6, 6.07) is -1.28. The maximum absolute atomic E-state index is 11.5. The number of carbonyl (C=O) groups is 2. The van der Waals surface area contributed by atoms with E-state index in [0.29, 0.717) is 6.42 Å². The van der Waals surface area contributed by atoms with E-state index >= 15 is 0 Å². The normalized spacial score (nSPS) is 15.1. The van der Waals surface area contributed by atoms with Crippen molar-refractivity contribution in [1.29, 1.82) is 0 Å². The van der Waals surface area contributed by atoms with Gasteiger partial charge in [0.05, 0.1) is 0 Å². The Balaban J connectivity index is 4.42. The lowest BCUT2D eigenvalue weighted by Gasteiger charge is -2.25. The molecule has 0 aromatic heterocycles. The molecule has 0 unspecified atom stereocenters. The number of rotatable bonds is 4. The number of carboxylic acids is 1. The predicted octanol–water partition coefficient (Wildman–Crippen LogP) is 1.58. The molecule has 0 aliphatic carbocycles. The van der Waals surface area contributed by atoms with Gasteiger partial charge in [-0.1, -0.05) is 20.3 Å². The second-order valence-corrected chi connectivity index (χ2v) is 5.05. The van der Waals surface area contributed by atoms with Crippen molar-refractivity contribution in [3.05, 3.63) is 0 Å². The third-order valence-corrected chi connectivity index (χ3v) is 2.25. The molecule has 0 radical (unpaired) electrons. The molecule has 0 rings (SSSR count). The fourth-order valence-corrected chi connectivity index (χ4v) is 1.20. The molecule has 0 saturated carbocycles.